The van der Waals surface area contributed by atoms with Gasteiger partial charge in [0.25, 0.3) is 0 Å². The minimum absolute atomic E-state index is 0.0684. The summed E-state index contributed by atoms with van der Waals surface area (Å²) >= 11 is 2.20. The molecule has 0 saturated carbocycles. The van der Waals surface area contributed by atoms with E-state index in [0.717, 1.165) is 31.0 Å². The molecule has 0 heterocycles. The maximum atomic E-state index is 12.4. The number of halogens is 1. The predicted octanol–water partition coefficient (Wildman–Crippen LogP) is 5.05. The lowest BCUT2D eigenvalue weighted by Crippen LogP contribution is -2.20. The third-order valence-corrected chi connectivity index (χ3v) is 4.88. The highest BCUT2D eigenvalue weighted by molar-refractivity contribution is 14.1. The van der Waals surface area contributed by atoms with Crippen molar-refractivity contribution in [3.8, 4) is 12.3 Å². The third kappa shape index (κ3) is 8.78. The summed E-state index contributed by atoms with van der Waals surface area (Å²) < 4.78 is 2.00. The molecule has 0 atom stereocenters. The molecule has 0 bridgehead atoms. The number of Topliss-reactive ketones (excluding diaryl/α,β-unsaturated/α-hetero) is 1. The van der Waals surface area contributed by atoms with E-state index in [1.54, 1.807) is 6.08 Å². The van der Waals surface area contributed by atoms with Crippen molar-refractivity contribution in [1.82, 2.24) is 8.01 Å². The zero-order valence-electron chi connectivity index (χ0n) is 15.8. The number of terminal acetylenes is 1. The lowest BCUT2D eigenvalue weighted by molar-refractivity contribution is -0.114. The van der Waals surface area contributed by atoms with Gasteiger partial charge < -0.3 is 8.01 Å². The van der Waals surface area contributed by atoms with Crippen molar-refractivity contribution in [3.05, 3.63) is 60.0 Å². The Hall–Kier alpha value is -1.74. The number of rotatable bonds is 11. The van der Waals surface area contributed by atoms with Gasteiger partial charge in [-0.05, 0) is 45.9 Å². The number of nitrogens with zero attached hydrogens (tertiary/aromatic N) is 2. The molecule has 0 rings (SSSR count). The zero-order valence-corrected chi connectivity index (χ0v) is 17.9. The van der Waals surface area contributed by atoms with Gasteiger partial charge in [0, 0.05) is 43.4 Å². The van der Waals surface area contributed by atoms with E-state index in [-0.39, 0.29) is 5.78 Å². The SMILES string of the molecule is C#C/C=C(\C=C/CC(=O)C(/C=C\C(=C)N(CC)CC)=C/C)N(I)CC. The number of hydrogen-bond donors (Lipinski definition) is 0. The van der Waals surface area contributed by atoms with E-state index in [1.165, 1.54) is 0 Å². The van der Waals surface area contributed by atoms with Crippen LogP contribution < -0.4 is 0 Å². The number of carbonyl (C=O) groups excluding carboxylic acids is 1. The Balaban J connectivity index is 4.92. The Morgan fingerprint density at radius 2 is 1.80 bits per heavy atom. The lowest BCUT2D eigenvalue weighted by Gasteiger charge is -2.20. The molecule has 0 aromatic carbocycles. The summed E-state index contributed by atoms with van der Waals surface area (Å²) in [6.45, 7) is 14.8. The van der Waals surface area contributed by atoms with E-state index < -0.39 is 0 Å². The average molecular weight is 452 g/mol. The number of ketones is 1. The fraction of sp³-hybridized carbons (Fsp3) is 0.381. The van der Waals surface area contributed by atoms with Crippen molar-refractivity contribution in [3.63, 3.8) is 0 Å². The molecular weight excluding hydrogens is 423 g/mol. The number of likely N-dealkylation sites (N-methyl/N-ethyl adjacent to an activating group) is 2. The zero-order chi connectivity index (χ0) is 19.2. The van der Waals surface area contributed by atoms with Gasteiger partial charge in [0.05, 0.1) is 28.6 Å². The van der Waals surface area contributed by atoms with Crippen LogP contribution in [0.5, 0.6) is 0 Å². The Labute approximate surface area is 167 Å². The van der Waals surface area contributed by atoms with Crippen molar-refractivity contribution in [2.45, 2.75) is 34.1 Å². The second kappa shape index (κ2) is 13.5. The minimum Gasteiger partial charge on any atom is -0.373 e. The molecule has 0 aromatic heterocycles. The number of allylic oxidation sites excluding steroid dienone is 7. The van der Waals surface area contributed by atoms with E-state index in [9.17, 15) is 4.79 Å². The van der Waals surface area contributed by atoms with Crippen LogP contribution in [0.3, 0.4) is 0 Å². The van der Waals surface area contributed by atoms with Gasteiger partial charge >= 0.3 is 0 Å². The summed E-state index contributed by atoms with van der Waals surface area (Å²) in [6, 6.07) is 0. The Morgan fingerprint density at radius 3 is 2.28 bits per heavy atom. The summed E-state index contributed by atoms with van der Waals surface area (Å²) in [5.74, 6) is 2.60. The Bertz CT molecular complexity index is 602. The highest BCUT2D eigenvalue weighted by Gasteiger charge is 2.06. The first-order valence-corrected chi connectivity index (χ1v) is 9.49. The summed E-state index contributed by atoms with van der Waals surface area (Å²) in [5.41, 5.74) is 2.50. The Kier molecular flexibility index (Phi) is 12.6. The molecule has 0 unspecified atom stereocenters. The molecule has 0 aliphatic heterocycles. The number of hydrogen-bond acceptors (Lipinski definition) is 3. The number of carbonyl (C=O) groups is 1. The van der Waals surface area contributed by atoms with Crippen LogP contribution in [-0.2, 0) is 4.79 Å². The molecule has 0 radical (unpaired) electrons. The predicted molar refractivity (Wildman–Crippen MR) is 117 cm³/mol. The minimum atomic E-state index is 0.0684. The fourth-order valence-corrected chi connectivity index (χ4v) is 2.44. The first-order valence-electron chi connectivity index (χ1n) is 8.52. The van der Waals surface area contributed by atoms with Crippen molar-refractivity contribution in [2.75, 3.05) is 19.6 Å². The standard InChI is InChI=1S/C21H29IN2O/c1-7-13-20(24(22)11-5)14-12-15-21(25)19(8-2)17-16-18(6)23(9-3)10-4/h1,8,12-14,16-17H,6,9-11,15H2,2-5H3/b14-12-,17-16-,19-8+,20-13+. The van der Waals surface area contributed by atoms with Gasteiger partial charge in [-0.15, -0.1) is 6.42 Å². The molecule has 0 spiro atoms. The van der Waals surface area contributed by atoms with Crippen molar-refractivity contribution in [2.24, 2.45) is 0 Å². The monoisotopic (exact) mass is 452 g/mol. The van der Waals surface area contributed by atoms with Crippen LogP contribution in [-0.4, -0.2) is 33.4 Å². The summed E-state index contributed by atoms with van der Waals surface area (Å²) in [6.07, 6.45) is 16.7. The van der Waals surface area contributed by atoms with Crippen LogP contribution in [0.15, 0.2) is 60.0 Å². The van der Waals surface area contributed by atoms with E-state index in [0.29, 0.717) is 12.0 Å². The van der Waals surface area contributed by atoms with Crippen LogP contribution in [0.4, 0.5) is 0 Å². The van der Waals surface area contributed by atoms with Crippen molar-refractivity contribution >= 4 is 28.6 Å². The molecule has 0 aromatic rings. The second-order valence-electron chi connectivity index (χ2n) is 5.18. The molecular formula is C21H29IN2O. The molecule has 136 valence electrons. The average Bonchev–Trinajstić information content (AvgIpc) is 2.61. The highest BCUT2D eigenvalue weighted by Crippen LogP contribution is 2.13. The van der Waals surface area contributed by atoms with Gasteiger partial charge in [-0.3, -0.25) is 4.79 Å². The van der Waals surface area contributed by atoms with Crippen molar-refractivity contribution in [1.29, 1.82) is 0 Å². The van der Waals surface area contributed by atoms with E-state index >= 15 is 0 Å². The fourth-order valence-electron chi connectivity index (χ4n) is 2.14. The van der Waals surface area contributed by atoms with Crippen LogP contribution in [0, 0.1) is 12.3 Å². The Morgan fingerprint density at radius 1 is 1.16 bits per heavy atom. The molecule has 0 N–H and O–H groups in total. The van der Waals surface area contributed by atoms with Crippen LogP contribution in [0.25, 0.3) is 0 Å². The van der Waals surface area contributed by atoms with Crippen molar-refractivity contribution < 1.29 is 4.79 Å². The highest BCUT2D eigenvalue weighted by atomic mass is 127. The maximum Gasteiger partial charge on any atom is 0.166 e. The lowest BCUT2D eigenvalue weighted by atomic mass is 10.1. The van der Waals surface area contributed by atoms with E-state index in [1.807, 2.05) is 47.3 Å². The molecule has 3 nitrogen and oxygen atoms in total. The summed E-state index contributed by atoms with van der Waals surface area (Å²) in [5, 5.41) is 0. The molecule has 0 aliphatic rings. The molecule has 4 heteroatoms. The van der Waals surface area contributed by atoms with Gasteiger partial charge in [0.15, 0.2) is 5.78 Å². The van der Waals surface area contributed by atoms with Gasteiger partial charge in [-0.25, -0.2) is 0 Å². The molecule has 0 amide bonds. The third-order valence-electron chi connectivity index (χ3n) is 3.64. The van der Waals surface area contributed by atoms with Gasteiger partial charge in [-0.1, -0.05) is 24.7 Å². The first-order chi connectivity index (χ1) is 11.9. The topological polar surface area (TPSA) is 23.6 Å². The smallest absolute Gasteiger partial charge is 0.166 e. The normalized spacial score (nSPS) is 12.5. The van der Waals surface area contributed by atoms with Gasteiger partial charge in [0.1, 0.15) is 0 Å². The largest absolute Gasteiger partial charge is 0.373 e. The first kappa shape index (κ1) is 23.3. The van der Waals surface area contributed by atoms with E-state index in [2.05, 4.69) is 54.1 Å². The summed E-state index contributed by atoms with van der Waals surface area (Å²) in [4.78, 5) is 14.5. The quantitative estimate of drug-likeness (QED) is 0.144. The molecule has 25 heavy (non-hydrogen) atoms. The van der Waals surface area contributed by atoms with Gasteiger partial charge in [-0.2, -0.15) is 0 Å². The second-order valence-corrected chi connectivity index (χ2v) is 6.35. The van der Waals surface area contributed by atoms with Crippen LogP contribution in [0.1, 0.15) is 34.1 Å². The molecule has 0 saturated heterocycles. The molecule has 0 fully saturated rings. The molecule has 0 aliphatic carbocycles. The summed E-state index contributed by atoms with van der Waals surface area (Å²) in [7, 11) is 0. The van der Waals surface area contributed by atoms with Gasteiger partial charge in [0.2, 0.25) is 0 Å². The van der Waals surface area contributed by atoms with Crippen LogP contribution in [0.2, 0.25) is 0 Å². The maximum absolute atomic E-state index is 12.4. The van der Waals surface area contributed by atoms with E-state index in [4.69, 9.17) is 6.42 Å². The van der Waals surface area contributed by atoms with Crippen LogP contribution >= 0.6 is 22.9 Å².